The van der Waals surface area contributed by atoms with Gasteiger partial charge < -0.3 is 15.6 Å². The fourth-order valence-electron chi connectivity index (χ4n) is 2.46. The normalized spacial score (nSPS) is 31.9. The minimum absolute atomic E-state index is 0.105. The number of carboxylic acids is 1. The molecule has 2 aliphatic heterocycles. The number of hydrogen-bond donors (Lipinski definition) is 2. The number of hydrogen-bond acceptors (Lipinski definition) is 6. The predicted molar refractivity (Wildman–Crippen MR) is 79.9 cm³/mol. The van der Waals surface area contributed by atoms with Gasteiger partial charge in [-0.25, -0.2) is 14.0 Å². The maximum Gasteiger partial charge on any atom is 0.345 e. The van der Waals surface area contributed by atoms with Gasteiger partial charge in [0.25, 0.3) is 0 Å². The Bertz CT molecular complexity index is 676. The molecule has 3 N–H and O–H groups in total. The van der Waals surface area contributed by atoms with Crippen LogP contribution in [0.5, 0.6) is 0 Å². The van der Waals surface area contributed by atoms with E-state index in [0.717, 1.165) is 11.3 Å². The Hall–Kier alpha value is -1.16. The van der Waals surface area contributed by atoms with E-state index in [1.54, 1.807) is 7.05 Å². The molecule has 3 heterocycles. The molecular weight excluding hydrogens is 338 g/mol. The maximum absolute atomic E-state index is 12.4. The average Bonchev–Trinajstić information content (AvgIpc) is 3.00. The lowest BCUT2D eigenvalue weighted by atomic mass is 9.97. The molecule has 0 amide bonds. The number of carbonyl (C=O) groups is 1. The lowest BCUT2D eigenvalue weighted by Gasteiger charge is -2.36. The molecule has 10 heteroatoms. The number of rotatable bonds is 2. The highest BCUT2D eigenvalue weighted by molar-refractivity contribution is 7.83. The molecule has 21 heavy (non-hydrogen) atoms. The zero-order chi connectivity index (χ0) is 15.4. The molecule has 114 valence electrons. The molecule has 0 aliphatic carbocycles. The minimum atomic E-state index is -1.51. The van der Waals surface area contributed by atoms with Crippen LogP contribution in [0, 0.1) is 0 Å². The van der Waals surface area contributed by atoms with Crippen LogP contribution in [0.25, 0.3) is 0 Å². The fourth-order valence-corrected chi connectivity index (χ4v) is 5.41. The number of fused-ring (bicyclic) bond motifs is 1. The van der Waals surface area contributed by atoms with Gasteiger partial charge in [-0.3, -0.25) is 4.31 Å². The van der Waals surface area contributed by atoms with E-state index in [-0.39, 0.29) is 15.9 Å². The highest BCUT2D eigenvalue weighted by Crippen LogP contribution is 2.49. The van der Waals surface area contributed by atoms with Gasteiger partial charge in [-0.15, -0.1) is 11.3 Å². The highest BCUT2D eigenvalue weighted by atomic mass is 35.5. The molecular formula is C11H12ClN3O4S2. The molecule has 1 aromatic heterocycles. The van der Waals surface area contributed by atoms with Crippen molar-refractivity contribution in [3.8, 4) is 0 Å². The van der Waals surface area contributed by atoms with Crippen LogP contribution in [-0.2, 0) is 21.3 Å². The van der Waals surface area contributed by atoms with Crippen molar-refractivity contribution in [1.29, 1.82) is 0 Å². The van der Waals surface area contributed by atoms with Gasteiger partial charge in [0, 0.05) is 13.5 Å². The van der Waals surface area contributed by atoms with Gasteiger partial charge in [0.2, 0.25) is 5.96 Å². The van der Waals surface area contributed by atoms with Crippen molar-refractivity contribution in [3.63, 3.8) is 0 Å². The highest BCUT2D eigenvalue weighted by Gasteiger charge is 2.55. The topological polar surface area (TPSA) is 105 Å². The summed E-state index contributed by atoms with van der Waals surface area (Å²) < 4.78 is 19.4. The second-order valence-corrected chi connectivity index (χ2v) is 7.70. The van der Waals surface area contributed by atoms with Gasteiger partial charge in [0.1, 0.15) is 10.4 Å². The van der Waals surface area contributed by atoms with Gasteiger partial charge >= 0.3 is 5.97 Å². The lowest BCUT2D eigenvalue weighted by molar-refractivity contribution is 0.0702. The van der Waals surface area contributed by atoms with Gasteiger partial charge in [0.05, 0.1) is 16.5 Å². The molecule has 3 rings (SSSR count). The third kappa shape index (κ3) is 2.07. The minimum Gasteiger partial charge on any atom is -0.477 e. The molecule has 1 aromatic rings. The van der Waals surface area contributed by atoms with E-state index in [1.165, 1.54) is 10.4 Å². The smallest absolute Gasteiger partial charge is 0.345 e. The predicted octanol–water partition coefficient (Wildman–Crippen LogP) is 0.965. The molecule has 0 saturated carbocycles. The van der Waals surface area contributed by atoms with E-state index in [2.05, 4.69) is 4.99 Å². The first-order valence-electron chi connectivity index (χ1n) is 6.01. The Morgan fingerprint density at radius 1 is 1.76 bits per heavy atom. The fraction of sp³-hybridized carbons (Fsp3) is 0.455. The number of aliphatic imine (C=N–C) groups is 1. The number of guanidine groups is 1. The summed E-state index contributed by atoms with van der Waals surface area (Å²) in [7, 11) is 0.0546. The Balaban J connectivity index is 2.18. The first-order chi connectivity index (χ1) is 9.86. The van der Waals surface area contributed by atoms with E-state index in [9.17, 15) is 9.00 Å². The van der Waals surface area contributed by atoms with Crippen molar-refractivity contribution < 1.29 is 18.8 Å². The number of ether oxygens (including phenoxy) is 1. The summed E-state index contributed by atoms with van der Waals surface area (Å²) in [4.78, 5) is 16.2. The maximum atomic E-state index is 12.4. The Kier molecular flexibility index (Phi) is 3.47. The third-order valence-corrected chi connectivity index (χ3v) is 6.84. The first kappa shape index (κ1) is 14.8. The SMILES string of the molecule is CN1C(N)=NC2(c3sc(C(=O)O)cc3Cl)CCOC2S1=O. The van der Waals surface area contributed by atoms with E-state index >= 15 is 0 Å². The van der Waals surface area contributed by atoms with E-state index < -0.39 is 27.9 Å². The number of carboxylic acid groups (broad SMARTS) is 1. The van der Waals surface area contributed by atoms with Gasteiger partial charge in [-0.05, 0) is 6.07 Å². The van der Waals surface area contributed by atoms with Crippen LogP contribution in [-0.4, -0.2) is 44.6 Å². The van der Waals surface area contributed by atoms with Crippen molar-refractivity contribution in [2.45, 2.75) is 17.4 Å². The number of halogens is 1. The average molecular weight is 350 g/mol. The summed E-state index contributed by atoms with van der Waals surface area (Å²) in [6.45, 7) is 0.359. The summed E-state index contributed by atoms with van der Waals surface area (Å²) in [5, 5.41) is 9.38. The second-order valence-electron chi connectivity index (χ2n) is 4.71. The molecule has 1 fully saturated rings. The Morgan fingerprint density at radius 2 is 2.48 bits per heavy atom. The monoisotopic (exact) mass is 349 g/mol. The number of nitrogens with two attached hydrogens (primary N) is 1. The number of nitrogens with zero attached hydrogens (tertiary/aromatic N) is 2. The van der Waals surface area contributed by atoms with Crippen molar-refractivity contribution in [1.82, 2.24) is 4.31 Å². The third-order valence-electron chi connectivity index (χ3n) is 3.52. The van der Waals surface area contributed by atoms with E-state index in [4.69, 9.17) is 27.2 Å². The van der Waals surface area contributed by atoms with Gasteiger partial charge in [-0.2, -0.15) is 0 Å². The van der Waals surface area contributed by atoms with E-state index in [1.807, 2.05) is 0 Å². The van der Waals surface area contributed by atoms with Crippen molar-refractivity contribution in [2.75, 3.05) is 13.7 Å². The summed E-state index contributed by atoms with van der Waals surface area (Å²) in [5.41, 5.74) is 4.15. The van der Waals surface area contributed by atoms with Gasteiger partial charge in [0.15, 0.2) is 16.4 Å². The first-order valence-corrected chi connectivity index (χ1v) is 8.37. The van der Waals surface area contributed by atoms with Gasteiger partial charge in [-0.1, -0.05) is 11.6 Å². The number of thiophene rings is 1. The van der Waals surface area contributed by atoms with Crippen LogP contribution >= 0.6 is 22.9 Å². The van der Waals surface area contributed by atoms with Crippen LogP contribution in [0.3, 0.4) is 0 Å². The standard InChI is InChI=1S/C11H12ClN3O4S2/c1-15-10(13)14-11(2-3-19-9(11)21(15)18)7-5(12)4-6(20-7)8(16)17/h4,9H,2-3H2,1H3,(H2,13,14)(H,16,17). The number of aromatic carboxylic acids is 1. The molecule has 3 atom stereocenters. The Labute approximate surface area is 131 Å². The molecule has 0 spiro atoms. The summed E-state index contributed by atoms with van der Waals surface area (Å²) >= 11 is 7.20. The largest absolute Gasteiger partial charge is 0.477 e. The summed E-state index contributed by atoms with van der Waals surface area (Å²) in [6.07, 6.45) is 0.456. The Morgan fingerprint density at radius 3 is 3.10 bits per heavy atom. The quantitative estimate of drug-likeness (QED) is 0.827. The molecule has 2 aliphatic rings. The van der Waals surface area contributed by atoms with Crippen molar-refractivity contribution in [2.24, 2.45) is 10.7 Å². The molecule has 7 nitrogen and oxygen atoms in total. The zero-order valence-corrected chi connectivity index (χ0v) is 13.3. The van der Waals surface area contributed by atoms with Crippen molar-refractivity contribution in [3.05, 3.63) is 20.8 Å². The lowest BCUT2D eigenvalue weighted by Crippen LogP contribution is -2.52. The molecule has 0 aromatic carbocycles. The summed E-state index contributed by atoms with van der Waals surface area (Å²) in [5.74, 6) is -0.942. The molecule has 0 bridgehead atoms. The second kappa shape index (κ2) is 4.94. The zero-order valence-electron chi connectivity index (χ0n) is 10.9. The van der Waals surface area contributed by atoms with Crippen molar-refractivity contribution >= 4 is 45.9 Å². The summed E-state index contributed by atoms with van der Waals surface area (Å²) in [6, 6.07) is 1.38. The van der Waals surface area contributed by atoms with Crippen LogP contribution in [0.2, 0.25) is 5.02 Å². The van der Waals surface area contributed by atoms with Crippen LogP contribution in [0.15, 0.2) is 11.1 Å². The van der Waals surface area contributed by atoms with Crippen LogP contribution in [0.4, 0.5) is 0 Å². The van der Waals surface area contributed by atoms with Crippen LogP contribution < -0.4 is 5.73 Å². The molecule has 0 radical (unpaired) electrons. The van der Waals surface area contributed by atoms with E-state index in [0.29, 0.717) is 17.9 Å². The molecule has 3 unspecified atom stereocenters. The van der Waals surface area contributed by atoms with Crippen LogP contribution in [0.1, 0.15) is 21.0 Å². The molecule has 1 saturated heterocycles.